The van der Waals surface area contributed by atoms with Gasteiger partial charge in [0.1, 0.15) is 5.69 Å². The van der Waals surface area contributed by atoms with E-state index in [0.717, 1.165) is 10.4 Å². The van der Waals surface area contributed by atoms with Gasteiger partial charge in [-0.05, 0) is 23.8 Å². The smallest absolute Gasteiger partial charge is 0.231 e. The van der Waals surface area contributed by atoms with Crippen LogP contribution in [0.2, 0.25) is 0 Å². The third-order valence-corrected chi connectivity index (χ3v) is 3.55. The first kappa shape index (κ1) is 11.0. The lowest BCUT2D eigenvalue weighted by Gasteiger charge is -2.01. The first-order valence-corrected chi connectivity index (χ1v) is 6.14. The summed E-state index contributed by atoms with van der Waals surface area (Å²) in [5, 5.41) is 0.382. The van der Waals surface area contributed by atoms with Crippen LogP contribution in [0.1, 0.15) is 17.4 Å². The Morgan fingerprint density at radius 1 is 1.39 bits per heavy atom. The van der Waals surface area contributed by atoms with Crippen LogP contribution in [-0.2, 0) is 0 Å². The molecule has 0 unspecified atom stereocenters. The molecule has 2 aromatic rings. The number of fused-ring (bicyclic) bond motifs is 1. The zero-order chi connectivity index (χ0) is 12.7. The second-order valence-electron chi connectivity index (χ2n) is 3.85. The molecule has 1 aromatic heterocycles. The van der Waals surface area contributed by atoms with Crippen molar-refractivity contribution in [1.82, 2.24) is 4.98 Å². The van der Waals surface area contributed by atoms with Gasteiger partial charge >= 0.3 is 0 Å². The van der Waals surface area contributed by atoms with E-state index in [1.807, 2.05) is 18.2 Å². The molecule has 0 saturated carbocycles. The van der Waals surface area contributed by atoms with E-state index < -0.39 is 0 Å². The molecular formula is C12H10N2O3S. The molecular weight excluding hydrogens is 252 g/mol. The number of Topliss-reactive ketones (excluding diaryl/α,β-unsaturated/α-hetero) is 1. The van der Waals surface area contributed by atoms with Crippen molar-refractivity contribution in [2.75, 3.05) is 12.5 Å². The van der Waals surface area contributed by atoms with Crippen LogP contribution in [0, 0.1) is 0 Å². The van der Waals surface area contributed by atoms with E-state index in [9.17, 15) is 4.79 Å². The van der Waals surface area contributed by atoms with E-state index in [1.54, 1.807) is 0 Å². The minimum absolute atomic E-state index is 0.101. The van der Waals surface area contributed by atoms with Gasteiger partial charge in [0.25, 0.3) is 0 Å². The molecule has 3 rings (SSSR count). The molecule has 1 aliphatic rings. The van der Waals surface area contributed by atoms with Gasteiger partial charge in [0, 0.05) is 6.92 Å². The van der Waals surface area contributed by atoms with Gasteiger partial charge in [0.05, 0.1) is 4.88 Å². The number of benzene rings is 1. The van der Waals surface area contributed by atoms with E-state index in [0.29, 0.717) is 22.3 Å². The van der Waals surface area contributed by atoms with E-state index in [2.05, 4.69) is 4.98 Å². The third-order valence-electron chi connectivity index (χ3n) is 2.61. The Hall–Kier alpha value is -2.08. The van der Waals surface area contributed by atoms with E-state index in [1.165, 1.54) is 18.3 Å². The fourth-order valence-corrected chi connectivity index (χ4v) is 2.69. The van der Waals surface area contributed by atoms with Crippen molar-refractivity contribution in [1.29, 1.82) is 0 Å². The Balaban J connectivity index is 2.12. The highest BCUT2D eigenvalue weighted by Crippen LogP contribution is 2.39. The maximum Gasteiger partial charge on any atom is 0.231 e. The van der Waals surface area contributed by atoms with Crippen LogP contribution in [0.5, 0.6) is 11.5 Å². The van der Waals surface area contributed by atoms with Crippen molar-refractivity contribution in [3.05, 3.63) is 23.9 Å². The first-order valence-electron chi connectivity index (χ1n) is 5.32. The number of nitrogens with zero attached hydrogens (tertiary/aromatic N) is 1. The molecule has 0 fully saturated rings. The SMILES string of the molecule is CC(=O)c1nc(N)sc1-c1ccc2c(c1)OCO2. The van der Waals surface area contributed by atoms with Gasteiger partial charge in [-0.2, -0.15) is 0 Å². The molecule has 5 nitrogen and oxygen atoms in total. The zero-order valence-corrected chi connectivity index (χ0v) is 10.4. The quantitative estimate of drug-likeness (QED) is 0.841. The minimum atomic E-state index is -0.101. The second kappa shape index (κ2) is 3.99. The number of nitrogen functional groups attached to an aromatic ring is 1. The van der Waals surface area contributed by atoms with Crippen molar-refractivity contribution in [3.63, 3.8) is 0 Å². The van der Waals surface area contributed by atoms with Gasteiger partial charge in [0.15, 0.2) is 22.4 Å². The number of ether oxygens (including phenoxy) is 2. The predicted octanol–water partition coefficient (Wildman–Crippen LogP) is 2.32. The lowest BCUT2D eigenvalue weighted by atomic mass is 10.1. The van der Waals surface area contributed by atoms with Crippen molar-refractivity contribution in [2.45, 2.75) is 6.92 Å². The van der Waals surface area contributed by atoms with Crippen LogP contribution in [0.25, 0.3) is 10.4 Å². The number of carbonyl (C=O) groups is 1. The number of thiazole rings is 1. The fraction of sp³-hybridized carbons (Fsp3) is 0.167. The number of hydrogen-bond donors (Lipinski definition) is 1. The van der Waals surface area contributed by atoms with Crippen molar-refractivity contribution >= 4 is 22.3 Å². The molecule has 0 amide bonds. The van der Waals surface area contributed by atoms with Crippen LogP contribution >= 0.6 is 11.3 Å². The number of nitrogens with two attached hydrogens (primary N) is 1. The summed E-state index contributed by atoms with van der Waals surface area (Å²) in [5.74, 6) is 1.28. The van der Waals surface area contributed by atoms with Gasteiger partial charge in [-0.3, -0.25) is 4.79 Å². The monoisotopic (exact) mass is 262 g/mol. The van der Waals surface area contributed by atoms with Crippen molar-refractivity contribution < 1.29 is 14.3 Å². The van der Waals surface area contributed by atoms with E-state index in [4.69, 9.17) is 15.2 Å². The molecule has 0 radical (unpaired) electrons. The van der Waals surface area contributed by atoms with Crippen LogP contribution < -0.4 is 15.2 Å². The topological polar surface area (TPSA) is 74.4 Å². The Labute approximate surface area is 107 Å². The van der Waals surface area contributed by atoms with Gasteiger partial charge in [-0.15, -0.1) is 0 Å². The highest BCUT2D eigenvalue weighted by molar-refractivity contribution is 7.19. The average molecular weight is 262 g/mol. The lowest BCUT2D eigenvalue weighted by Crippen LogP contribution is -1.95. The molecule has 0 aliphatic carbocycles. The fourth-order valence-electron chi connectivity index (χ4n) is 1.81. The van der Waals surface area contributed by atoms with Crippen LogP contribution in [0.4, 0.5) is 5.13 Å². The summed E-state index contributed by atoms with van der Waals surface area (Å²) in [6, 6.07) is 5.52. The van der Waals surface area contributed by atoms with E-state index >= 15 is 0 Å². The van der Waals surface area contributed by atoms with Gasteiger partial charge in [0.2, 0.25) is 6.79 Å². The second-order valence-corrected chi connectivity index (χ2v) is 4.88. The summed E-state index contributed by atoms with van der Waals surface area (Å²) in [7, 11) is 0. The highest BCUT2D eigenvalue weighted by Gasteiger charge is 2.19. The lowest BCUT2D eigenvalue weighted by molar-refractivity contribution is 0.101. The number of hydrogen-bond acceptors (Lipinski definition) is 6. The number of rotatable bonds is 2. The third kappa shape index (κ3) is 1.70. The molecule has 1 aromatic carbocycles. The average Bonchev–Trinajstić information content (AvgIpc) is 2.93. The number of ketones is 1. The normalized spacial score (nSPS) is 12.7. The maximum atomic E-state index is 11.5. The van der Waals surface area contributed by atoms with Crippen LogP contribution in [-0.4, -0.2) is 17.6 Å². The standard InChI is InChI=1S/C12H10N2O3S/c1-6(15)10-11(18-12(13)14-10)7-2-3-8-9(4-7)17-5-16-8/h2-4H,5H2,1H3,(H2,13,14). The Morgan fingerprint density at radius 3 is 2.94 bits per heavy atom. The Kier molecular flexibility index (Phi) is 2.45. The molecule has 6 heteroatoms. The summed E-state index contributed by atoms with van der Waals surface area (Å²) in [6.07, 6.45) is 0. The van der Waals surface area contributed by atoms with Gasteiger partial charge in [-0.25, -0.2) is 4.98 Å². The van der Waals surface area contributed by atoms with Gasteiger partial charge < -0.3 is 15.2 Å². The first-order chi connectivity index (χ1) is 8.65. The molecule has 2 N–H and O–H groups in total. The largest absolute Gasteiger partial charge is 0.454 e. The molecule has 1 aliphatic heterocycles. The number of anilines is 1. The molecule has 0 atom stereocenters. The molecule has 0 bridgehead atoms. The van der Waals surface area contributed by atoms with Crippen molar-refractivity contribution in [2.24, 2.45) is 0 Å². The van der Waals surface area contributed by atoms with Crippen LogP contribution in [0.15, 0.2) is 18.2 Å². The van der Waals surface area contributed by atoms with E-state index in [-0.39, 0.29) is 12.6 Å². The molecule has 2 heterocycles. The molecule has 92 valence electrons. The van der Waals surface area contributed by atoms with Crippen LogP contribution in [0.3, 0.4) is 0 Å². The minimum Gasteiger partial charge on any atom is -0.454 e. The summed E-state index contributed by atoms with van der Waals surface area (Å²) in [6.45, 7) is 1.70. The Morgan fingerprint density at radius 2 is 2.17 bits per heavy atom. The summed E-state index contributed by atoms with van der Waals surface area (Å²) < 4.78 is 10.6. The number of carbonyl (C=O) groups excluding carboxylic acids is 1. The van der Waals surface area contributed by atoms with Crippen molar-refractivity contribution in [3.8, 4) is 21.9 Å². The number of aromatic nitrogens is 1. The molecule has 0 spiro atoms. The summed E-state index contributed by atoms with van der Waals surface area (Å²) in [5.41, 5.74) is 6.93. The highest BCUT2D eigenvalue weighted by atomic mass is 32.1. The molecule has 0 saturated heterocycles. The summed E-state index contributed by atoms with van der Waals surface area (Å²) in [4.78, 5) is 16.3. The predicted molar refractivity (Wildman–Crippen MR) is 68.1 cm³/mol. The maximum absolute atomic E-state index is 11.5. The zero-order valence-electron chi connectivity index (χ0n) is 9.60. The Bertz CT molecular complexity index is 636. The summed E-state index contributed by atoms with van der Waals surface area (Å²) >= 11 is 1.29. The molecule has 18 heavy (non-hydrogen) atoms. The van der Waals surface area contributed by atoms with Gasteiger partial charge in [-0.1, -0.05) is 11.3 Å².